The molecule has 1 amide bonds. The molecule has 0 saturated carbocycles. The van der Waals surface area contributed by atoms with Crippen LogP contribution in [-0.4, -0.2) is 53.7 Å². The number of carbonyl (C=O) groups excluding carboxylic acids is 2. The lowest BCUT2D eigenvalue weighted by Gasteiger charge is -2.05. The van der Waals surface area contributed by atoms with E-state index in [2.05, 4.69) is 9.73 Å². The van der Waals surface area contributed by atoms with Crippen LogP contribution in [-0.2, 0) is 24.4 Å². The quantitative estimate of drug-likeness (QED) is 0.322. The number of nitrogens with zero attached hydrogens (tertiary/aromatic N) is 1. The fourth-order valence-electron chi connectivity index (χ4n) is 3.18. The van der Waals surface area contributed by atoms with Gasteiger partial charge in [0.1, 0.15) is 21.3 Å². The molecule has 0 unspecified atom stereocenters. The number of carbonyl (C=O) groups is 2. The standard InChI is InChI=1S/C10H11N3O4S.C10H10O5S/c1-5-2-7-8(18(15,16)4-17-7)3-6(5)9(14)13-10(11)12;1-6-3-8-9(16(12,13)5-15-8)4-7(6)10(11)14-2/h2-3H,4H2,1H3,(H4,11,12,13,14);3-4H,5H2,1-2H3. The smallest absolute Gasteiger partial charge is 0.338 e. The Hall–Kier alpha value is -3.65. The van der Waals surface area contributed by atoms with Crippen LogP contribution in [0.15, 0.2) is 39.0 Å². The van der Waals surface area contributed by atoms with Crippen LogP contribution in [0.5, 0.6) is 11.5 Å². The number of amides is 1. The Bertz CT molecular complexity index is 1440. The molecule has 14 heteroatoms. The highest BCUT2D eigenvalue weighted by atomic mass is 32.2. The number of esters is 1. The summed E-state index contributed by atoms with van der Waals surface area (Å²) in [5.41, 5.74) is 11.8. The fourth-order valence-corrected chi connectivity index (χ4v) is 5.44. The maximum Gasteiger partial charge on any atom is 0.338 e. The molecule has 0 aromatic heterocycles. The molecule has 0 spiro atoms. The van der Waals surface area contributed by atoms with Crippen molar-refractivity contribution in [2.24, 2.45) is 16.5 Å². The first kappa shape index (κ1) is 25.0. The molecule has 0 bridgehead atoms. The van der Waals surface area contributed by atoms with Crippen LogP contribution in [0.2, 0.25) is 0 Å². The van der Waals surface area contributed by atoms with Gasteiger partial charge in [0.05, 0.1) is 12.7 Å². The molecule has 0 saturated heterocycles. The van der Waals surface area contributed by atoms with Gasteiger partial charge in [0, 0.05) is 5.56 Å². The molecule has 0 fully saturated rings. The van der Waals surface area contributed by atoms with E-state index >= 15 is 0 Å². The Labute approximate surface area is 195 Å². The first-order valence-corrected chi connectivity index (χ1v) is 12.8. The second kappa shape index (κ2) is 8.95. The highest BCUT2D eigenvalue weighted by Crippen LogP contribution is 2.35. The molecular weight excluding hydrogens is 490 g/mol. The van der Waals surface area contributed by atoms with Gasteiger partial charge in [0.25, 0.3) is 5.91 Å². The van der Waals surface area contributed by atoms with E-state index in [9.17, 15) is 26.4 Å². The van der Waals surface area contributed by atoms with Gasteiger partial charge in [-0.25, -0.2) is 21.6 Å². The third-order valence-electron chi connectivity index (χ3n) is 4.86. The zero-order valence-electron chi connectivity index (χ0n) is 18.3. The van der Waals surface area contributed by atoms with Crippen LogP contribution >= 0.6 is 0 Å². The van der Waals surface area contributed by atoms with Gasteiger partial charge < -0.3 is 25.7 Å². The summed E-state index contributed by atoms with van der Waals surface area (Å²) in [5, 5.41) is 0. The van der Waals surface area contributed by atoms with Gasteiger partial charge in [-0.05, 0) is 49.2 Å². The van der Waals surface area contributed by atoms with Crippen molar-refractivity contribution in [3.05, 3.63) is 46.5 Å². The Morgan fingerprint density at radius 3 is 1.74 bits per heavy atom. The van der Waals surface area contributed by atoms with Gasteiger partial charge in [-0.1, -0.05) is 0 Å². The molecule has 0 atom stereocenters. The number of sulfone groups is 2. The Morgan fingerprint density at radius 1 is 0.853 bits per heavy atom. The molecule has 182 valence electrons. The number of nitrogens with two attached hydrogens (primary N) is 2. The summed E-state index contributed by atoms with van der Waals surface area (Å²) in [7, 11) is -5.66. The number of hydrogen-bond acceptors (Lipinski definition) is 9. The van der Waals surface area contributed by atoms with E-state index in [0.29, 0.717) is 16.9 Å². The van der Waals surface area contributed by atoms with Crippen LogP contribution in [0.3, 0.4) is 0 Å². The third-order valence-corrected chi connectivity index (χ3v) is 7.69. The molecular formula is C20H21N3O9S2. The predicted octanol–water partition coefficient (Wildman–Crippen LogP) is 0.437. The summed E-state index contributed by atoms with van der Waals surface area (Å²) in [4.78, 5) is 26.5. The zero-order chi connectivity index (χ0) is 25.4. The van der Waals surface area contributed by atoms with Crippen molar-refractivity contribution in [3.63, 3.8) is 0 Å². The zero-order valence-corrected chi connectivity index (χ0v) is 19.9. The van der Waals surface area contributed by atoms with Crippen LogP contribution in [0.25, 0.3) is 0 Å². The highest BCUT2D eigenvalue weighted by molar-refractivity contribution is 7.91. The Morgan fingerprint density at radius 2 is 1.29 bits per heavy atom. The summed E-state index contributed by atoms with van der Waals surface area (Å²) in [6.07, 6.45) is 0. The van der Waals surface area contributed by atoms with Gasteiger partial charge in [0.2, 0.25) is 19.7 Å². The number of aryl methyl sites for hydroxylation is 2. The summed E-state index contributed by atoms with van der Waals surface area (Å²) in [6, 6.07) is 5.56. The van der Waals surface area contributed by atoms with E-state index in [0.717, 1.165) is 0 Å². The molecule has 2 aliphatic heterocycles. The largest absolute Gasteiger partial charge is 0.476 e. The van der Waals surface area contributed by atoms with Gasteiger partial charge in [-0.3, -0.25) is 4.79 Å². The molecule has 2 aromatic carbocycles. The van der Waals surface area contributed by atoms with Crippen molar-refractivity contribution in [1.29, 1.82) is 0 Å². The van der Waals surface area contributed by atoms with Crippen LogP contribution in [0, 0.1) is 13.8 Å². The van der Waals surface area contributed by atoms with Gasteiger partial charge in [-0.15, -0.1) is 0 Å². The van der Waals surface area contributed by atoms with Gasteiger partial charge in [-0.2, -0.15) is 4.99 Å². The van der Waals surface area contributed by atoms with E-state index in [1.54, 1.807) is 13.8 Å². The minimum Gasteiger partial charge on any atom is -0.476 e. The molecule has 2 aliphatic rings. The molecule has 0 aliphatic carbocycles. The minimum atomic E-state index is -3.49. The lowest BCUT2D eigenvalue weighted by Crippen LogP contribution is -2.24. The summed E-state index contributed by atoms with van der Waals surface area (Å²) < 4.78 is 61.0. The topological polar surface area (TPSA) is 195 Å². The van der Waals surface area contributed by atoms with E-state index in [-0.39, 0.29) is 38.6 Å². The number of hydrogen-bond donors (Lipinski definition) is 2. The molecule has 2 aromatic rings. The summed E-state index contributed by atoms with van der Waals surface area (Å²) >= 11 is 0. The number of guanidine groups is 1. The molecule has 4 N–H and O–H groups in total. The van der Waals surface area contributed by atoms with E-state index in [4.69, 9.17) is 20.9 Å². The maximum absolute atomic E-state index is 11.7. The second-order valence-electron chi connectivity index (χ2n) is 7.32. The summed E-state index contributed by atoms with van der Waals surface area (Å²) in [5.74, 6) is -1.86. The van der Waals surface area contributed by atoms with Crippen molar-refractivity contribution in [2.45, 2.75) is 23.6 Å². The number of benzene rings is 2. The summed E-state index contributed by atoms with van der Waals surface area (Å²) in [6.45, 7) is 3.34. The van der Waals surface area contributed by atoms with Crippen molar-refractivity contribution >= 4 is 37.5 Å². The van der Waals surface area contributed by atoms with E-state index < -0.39 is 37.5 Å². The van der Waals surface area contributed by atoms with Crippen LogP contribution < -0.4 is 20.9 Å². The maximum atomic E-state index is 11.7. The lowest BCUT2D eigenvalue weighted by molar-refractivity contribution is 0.0599. The second-order valence-corrected chi connectivity index (χ2v) is 11.1. The number of aliphatic imine (C=N–C) groups is 1. The SMILES string of the molecule is COC(=O)c1cc2c(cc1C)OCS2(=O)=O.Cc1cc2c(cc1C(=O)N=C(N)N)S(=O)(=O)CO2. The van der Waals surface area contributed by atoms with Crippen LogP contribution in [0.1, 0.15) is 31.8 Å². The number of methoxy groups -OCH3 is 1. The normalized spacial score (nSPS) is 16.0. The molecule has 12 nitrogen and oxygen atoms in total. The lowest BCUT2D eigenvalue weighted by atomic mass is 10.1. The first-order valence-electron chi connectivity index (χ1n) is 9.49. The molecule has 2 heterocycles. The molecule has 4 rings (SSSR count). The number of rotatable bonds is 2. The average Bonchev–Trinajstić information content (AvgIpc) is 3.20. The average molecular weight is 512 g/mol. The Kier molecular flexibility index (Phi) is 6.57. The number of fused-ring (bicyclic) bond motifs is 2. The van der Waals surface area contributed by atoms with Crippen molar-refractivity contribution in [3.8, 4) is 11.5 Å². The van der Waals surface area contributed by atoms with Crippen LogP contribution in [0.4, 0.5) is 0 Å². The molecule has 34 heavy (non-hydrogen) atoms. The highest BCUT2D eigenvalue weighted by Gasteiger charge is 2.31. The van der Waals surface area contributed by atoms with E-state index in [1.807, 2.05) is 0 Å². The minimum absolute atomic E-state index is 0.0118. The van der Waals surface area contributed by atoms with Crippen molar-refractivity contribution in [2.75, 3.05) is 19.0 Å². The van der Waals surface area contributed by atoms with Gasteiger partial charge in [0.15, 0.2) is 17.8 Å². The van der Waals surface area contributed by atoms with Gasteiger partial charge >= 0.3 is 5.97 Å². The monoisotopic (exact) mass is 511 g/mol. The van der Waals surface area contributed by atoms with Crippen molar-refractivity contribution in [1.82, 2.24) is 0 Å². The fraction of sp³-hybridized carbons (Fsp3) is 0.250. The number of ether oxygens (including phenoxy) is 3. The predicted molar refractivity (Wildman–Crippen MR) is 119 cm³/mol. The Balaban J connectivity index is 0.000000192. The molecule has 0 radical (unpaired) electrons. The van der Waals surface area contributed by atoms with Crippen molar-refractivity contribution < 1.29 is 40.6 Å². The third kappa shape index (κ3) is 4.82. The van der Waals surface area contributed by atoms with E-state index in [1.165, 1.54) is 31.4 Å². The first-order chi connectivity index (χ1) is 15.8.